The van der Waals surface area contributed by atoms with Crippen molar-refractivity contribution >= 4 is 38.4 Å². The summed E-state index contributed by atoms with van der Waals surface area (Å²) in [5, 5.41) is 40.0. The number of nitrogens with one attached hydrogen (secondary N) is 1. The molecule has 0 saturated carbocycles. The van der Waals surface area contributed by atoms with Gasteiger partial charge in [-0.3, -0.25) is 0 Å². The second-order valence-electron chi connectivity index (χ2n) is 5.28. The van der Waals surface area contributed by atoms with Gasteiger partial charge in [0.25, 0.3) is 0 Å². The van der Waals surface area contributed by atoms with E-state index < -0.39 is 37.3 Å². The third kappa shape index (κ3) is 3.08. The summed E-state index contributed by atoms with van der Waals surface area (Å²) < 4.78 is 11.6. The molecule has 5 N–H and O–H groups in total. The first kappa shape index (κ1) is 17.0. The monoisotopic (exact) mass is 407 g/mol. The van der Waals surface area contributed by atoms with Crippen molar-refractivity contribution in [2.24, 2.45) is 0 Å². The van der Waals surface area contributed by atoms with E-state index in [0.717, 1.165) is 5.52 Å². The minimum absolute atomic E-state index is 0.377. The quantitative estimate of drug-likeness (QED) is 0.512. The molecule has 7 nitrogen and oxygen atoms in total. The zero-order valence-corrected chi connectivity index (χ0v) is 14.0. The molecule has 2 heterocycles. The highest BCUT2D eigenvalue weighted by Crippen LogP contribution is 2.34. The minimum atomic E-state index is -1.49. The summed E-state index contributed by atoms with van der Waals surface area (Å²) in [7, 11) is 0. The largest absolute Gasteiger partial charge is 0.460 e. The molecule has 0 spiro atoms. The summed E-state index contributed by atoms with van der Waals surface area (Å²) in [6.07, 6.45) is -5.07. The van der Waals surface area contributed by atoms with E-state index in [0.29, 0.717) is 20.6 Å². The van der Waals surface area contributed by atoms with Crippen molar-refractivity contribution in [1.29, 1.82) is 0 Å². The van der Waals surface area contributed by atoms with Crippen LogP contribution in [0.1, 0.15) is 0 Å². The average Bonchev–Trinajstić information content (AvgIpc) is 2.90. The molecule has 0 amide bonds. The predicted molar refractivity (Wildman–Crippen MR) is 85.4 cm³/mol. The van der Waals surface area contributed by atoms with Crippen LogP contribution in [0, 0.1) is 0 Å². The Labute approximate surface area is 144 Å². The number of halogens is 2. The van der Waals surface area contributed by atoms with Crippen molar-refractivity contribution in [2.75, 3.05) is 6.61 Å². The van der Waals surface area contributed by atoms with Crippen LogP contribution in [0.25, 0.3) is 10.9 Å². The van der Waals surface area contributed by atoms with Crippen LogP contribution < -0.4 is 4.74 Å². The maximum absolute atomic E-state index is 10.0. The van der Waals surface area contributed by atoms with Crippen LogP contribution in [-0.2, 0) is 4.74 Å². The molecule has 1 aliphatic rings. The molecule has 1 aromatic heterocycles. The van der Waals surface area contributed by atoms with Crippen LogP contribution in [0.2, 0.25) is 5.02 Å². The second kappa shape index (κ2) is 6.56. The van der Waals surface area contributed by atoms with Crippen molar-refractivity contribution in [1.82, 2.24) is 4.98 Å². The van der Waals surface area contributed by atoms with Crippen LogP contribution in [0.15, 0.2) is 22.8 Å². The molecule has 126 valence electrons. The van der Waals surface area contributed by atoms with Gasteiger partial charge in [0.05, 0.1) is 17.1 Å². The highest BCUT2D eigenvalue weighted by Gasteiger charge is 2.44. The fraction of sp³-hybridized carbons (Fsp3) is 0.429. The van der Waals surface area contributed by atoms with Gasteiger partial charge in [-0.2, -0.15) is 0 Å². The lowest BCUT2D eigenvalue weighted by Crippen LogP contribution is -2.60. The molecular weight excluding hydrogens is 394 g/mol. The Morgan fingerprint density at radius 3 is 2.65 bits per heavy atom. The predicted octanol–water partition coefficient (Wildman–Crippen LogP) is 0.762. The number of ether oxygens (including phenoxy) is 2. The Morgan fingerprint density at radius 2 is 1.96 bits per heavy atom. The number of rotatable bonds is 3. The zero-order chi connectivity index (χ0) is 16.7. The number of aromatic amines is 1. The first-order chi connectivity index (χ1) is 10.9. The van der Waals surface area contributed by atoms with Gasteiger partial charge in [-0.15, -0.1) is 0 Å². The molecule has 1 saturated heterocycles. The van der Waals surface area contributed by atoms with Crippen LogP contribution >= 0.6 is 27.5 Å². The van der Waals surface area contributed by atoms with Crippen LogP contribution in [0.5, 0.6) is 5.75 Å². The van der Waals surface area contributed by atoms with Gasteiger partial charge in [0.2, 0.25) is 6.29 Å². The Morgan fingerprint density at radius 1 is 1.22 bits per heavy atom. The van der Waals surface area contributed by atoms with Crippen LogP contribution in [0.3, 0.4) is 0 Å². The number of H-pyrrole nitrogens is 1. The van der Waals surface area contributed by atoms with Gasteiger partial charge in [-0.05, 0) is 28.1 Å². The van der Waals surface area contributed by atoms with Crippen molar-refractivity contribution in [3.8, 4) is 5.75 Å². The topological polar surface area (TPSA) is 115 Å². The summed E-state index contributed by atoms with van der Waals surface area (Å²) in [5.41, 5.74) is 0.720. The highest BCUT2D eigenvalue weighted by atomic mass is 79.9. The van der Waals surface area contributed by atoms with Gasteiger partial charge in [-0.25, -0.2) is 0 Å². The highest BCUT2D eigenvalue weighted by molar-refractivity contribution is 9.10. The van der Waals surface area contributed by atoms with Gasteiger partial charge < -0.3 is 34.9 Å². The number of aliphatic hydroxyl groups excluding tert-OH is 4. The Hall–Kier alpha value is -0.870. The molecule has 1 fully saturated rings. The number of aromatic nitrogens is 1. The maximum Gasteiger partial charge on any atom is 0.229 e. The van der Waals surface area contributed by atoms with E-state index in [-0.39, 0.29) is 0 Å². The summed E-state index contributed by atoms with van der Waals surface area (Å²) in [6.45, 7) is -0.514. The molecular formula is C14H15BrClNO6. The van der Waals surface area contributed by atoms with Gasteiger partial charge in [0, 0.05) is 16.1 Å². The molecule has 3 rings (SSSR count). The second-order valence-corrected chi connectivity index (χ2v) is 6.54. The molecule has 23 heavy (non-hydrogen) atoms. The molecule has 9 heteroatoms. The molecule has 2 aromatic rings. The molecule has 1 aromatic carbocycles. The lowest BCUT2D eigenvalue weighted by Gasteiger charge is -2.39. The van der Waals surface area contributed by atoms with E-state index in [1.807, 2.05) is 0 Å². The summed E-state index contributed by atoms with van der Waals surface area (Å²) in [6, 6.07) is 3.45. The summed E-state index contributed by atoms with van der Waals surface area (Å²) in [5.74, 6) is 0.377. The molecule has 0 bridgehead atoms. The molecule has 1 aliphatic heterocycles. The normalized spacial score (nSPS) is 31.5. The lowest BCUT2D eigenvalue weighted by molar-refractivity contribution is -0.277. The average molecular weight is 409 g/mol. The van der Waals surface area contributed by atoms with E-state index in [4.69, 9.17) is 21.1 Å². The molecule has 0 aliphatic carbocycles. The lowest BCUT2D eigenvalue weighted by atomic mass is 9.99. The fourth-order valence-electron chi connectivity index (χ4n) is 2.48. The maximum atomic E-state index is 10.0. The number of benzene rings is 1. The summed E-state index contributed by atoms with van der Waals surface area (Å²) in [4.78, 5) is 2.98. The van der Waals surface area contributed by atoms with Crippen LogP contribution in [-0.4, -0.2) is 62.7 Å². The molecule has 0 radical (unpaired) electrons. The first-order valence-electron chi connectivity index (χ1n) is 6.85. The number of hydrogen-bond donors (Lipinski definition) is 5. The minimum Gasteiger partial charge on any atom is -0.460 e. The number of aliphatic hydroxyl groups is 4. The number of fused-ring (bicyclic) bond motifs is 1. The first-order valence-corrected chi connectivity index (χ1v) is 8.02. The van der Waals surface area contributed by atoms with Crippen molar-refractivity contribution in [3.63, 3.8) is 0 Å². The third-order valence-electron chi connectivity index (χ3n) is 3.78. The Kier molecular flexibility index (Phi) is 4.84. The van der Waals surface area contributed by atoms with E-state index in [1.165, 1.54) is 0 Å². The Bertz CT molecular complexity index is 708. The van der Waals surface area contributed by atoms with Crippen molar-refractivity contribution in [2.45, 2.75) is 30.7 Å². The zero-order valence-electron chi connectivity index (χ0n) is 11.7. The van der Waals surface area contributed by atoms with E-state index >= 15 is 0 Å². The van der Waals surface area contributed by atoms with Gasteiger partial charge in [0.1, 0.15) is 30.2 Å². The SMILES string of the molecule is OC[C@H]1OC(Oc2c[nH]c3cc(Cl)c(Br)cc23)[C@@H](O)[C@@H](O)[C@@H]1O. The third-order valence-corrected chi connectivity index (χ3v) is 4.97. The van der Waals surface area contributed by atoms with Crippen molar-refractivity contribution in [3.05, 3.63) is 27.8 Å². The van der Waals surface area contributed by atoms with Gasteiger partial charge in [0.15, 0.2) is 0 Å². The van der Waals surface area contributed by atoms with Gasteiger partial charge in [-0.1, -0.05) is 11.6 Å². The molecule has 5 atom stereocenters. The fourth-order valence-corrected chi connectivity index (χ4v) is 2.99. The van der Waals surface area contributed by atoms with E-state index in [2.05, 4.69) is 20.9 Å². The van der Waals surface area contributed by atoms with Crippen molar-refractivity contribution < 1.29 is 29.9 Å². The summed E-state index contributed by atoms with van der Waals surface area (Å²) >= 11 is 9.35. The molecule has 1 unspecified atom stereocenters. The standard InChI is InChI=1S/C14H15BrClNO6/c15-6-1-5-8(2-7(6)16)17-3-9(5)22-14-13(21)12(20)11(19)10(4-18)23-14/h1-3,10-14,17-21H,4H2/t10-,11-,12+,13+,14?/m1/s1. The van der Waals surface area contributed by atoms with E-state index in [1.54, 1.807) is 18.3 Å². The van der Waals surface area contributed by atoms with E-state index in [9.17, 15) is 20.4 Å². The Balaban J connectivity index is 1.88. The number of hydrogen-bond acceptors (Lipinski definition) is 6. The van der Waals surface area contributed by atoms with Gasteiger partial charge >= 0.3 is 0 Å². The smallest absolute Gasteiger partial charge is 0.229 e. The van der Waals surface area contributed by atoms with Crippen LogP contribution in [0.4, 0.5) is 0 Å².